The fourth-order valence-corrected chi connectivity index (χ4v) is 9.08. The molecule has 0 aliphatic heterocycles. The molecule has 3 heteroatoms. The van der Waals surface area contributed by atoms with Gasteiger partial charge in [-0.2, -0.15) is 6.42 Å². The molecule has 1 aromatic heterocycles. The summed E-state index contributed by atoms with van der Waals surface area (Å²) >= 11 is 0. The summed E-state index contributed by atoms with van der Waals surface area (Å²) in [5.74, 6) is 6.21. The molecule has 37 heavy (non-hydrogen) atoms. The standard InChI is InChI=1S/C34H55N2.Gd/c1-23(2)27-18-11-19-28(24(3)4)34(27)36-33(26-14-6-5-7-15-26)32-22-12-21-31(35-32)30-20-10-16-25-13-8-9-17-29(25)30;/h12,14,21-30,33-34,36H,5-11,13,15-20H2,1-4H3;/q-1;. The van der Waals surface area contributed by atoms with E-state index in [1.807, 2.05) is 0 Å². The second-order valence-electron chi connectivity index (χ2n) is 13.8. The average Bonchev–Trinajstić information content (AvgIpc) is 2.91. The molecule has 4 fully saturated rings. The maximum absolute atomic E-state index is 5.59. The zero-order chi connectivity index (χ0) is 25.1. The van der Waals surface area contributed by atoms with Gasteiger partial charge in [-0.3, -0.25) is 4.98 Å². The fraction of sp³-hybridized carbons (Fsp3) is 0.824. The van der Waals surface area contributed by atoms with Crippen LogP contribution in [0.3, 0.4) is 0 Å². The van der Waals surface area contributed by atoms with E-state index in [1.54, 1.807) is 0 Å². The van der Waals surface area contributed by atoms with Crippen LogP contribution in [0, 0.1) is 87.8 Å². The van der Waals surface area contributed by atoms with Crippen molar-refractivity contribution in [3.63, 3.8) is 0 Å². The second-order valence-corrected chi connectivity index (χ2v) is 13.8. The van der Waals surface area contributed by atoms with Gasteiger partial charge in [0.1, 0.15) is 0 Å². The molecule has 4 aliphatic carbocycles. The molecule has 0 spiro atoms. The van der Waals surface area contributed by atoms with Crippen LogP contribution in [0.2, 0.25) is 0 Å². The zero-order valence-corrected chi connectivity index (χ0v) is 26.6. The Kier molecular flexibility index (Phi) is 11.8. The second kappa shape index (κ2) is 14.4. The Bertz CT molecular complexity index is 798. The average molecular weight is 649 g/mol. The predicted octanol–water partition coefficient (Wildman–Crippen LogP) is 9.28. The molecule has 0 saturated heterocycles. The number of fused-ring (bicyclic) bond motifs is 1. The fourth-order valence-electron chi connectivity index (χ4n) is 9.08. The van der Waals surface area contributed by atoms with E-state index in [0.29, 0.717) is 23.9 Å². The van der Waals surface area contributed by atoms with Gasteiger partial charge in [0.05, 0.1) is 5.69 Å². The minimum absolute atomic E-state index is 0. The van der Waals surface area contributed by atoms with Crippen molar-refractivity contribution in [2.45, 2.75) is 136 Å². The Hall–Kier alpha value is 0.435. The zero-order valence-electron chi connectivity index (χ0n) is 24.3. The van der Waals surface area contributed by atoms with Gasteiger partial charge in [-0.15, -0.1) is 5.92 Å². The molecule has 1 N–H and O–H groups in total. The quantitative estimate of drug-likeness (QED) is 0.298. The van der Waals surface area contributed by atoms with Gasteiger partial charge in [-0.1, -0.05) is 91.5 Å². The third-order valence-electron chi connectivity index (χ3n) is 11.0. The minimum atomic E-state index is 0. The van der Waals surface area contributed by atoms with Crippen molar-refractivity contribution in [3.8, 4) is 0 Å². The topological polar surface area (TPSA) is 24.9 Å². The molecule has 0 radical (unpaired) electrons. The van der Waals surface area contributed by atoms with E-state index in [2.05, 4.69) is 57.6 Å². The van der Waals surface area contributed by atoms with E-state index in [1.165, 1.54) is 101 Å². The molecular weight excluding hydrogens is 594 g/mol. The minimum Gasteiger partial charge on any atom is -0.324 e. The van der Waals surface area contributed by atoms with Crippen molar-refractivity contribution in [2.24, 2.45) is 41.4 Å². The van der Waals surface area contributed by atoms with Crippen LogP contribution in [-0.2, 0) is 0 Å². The molecule has 0 aromatic carbocycles. The van der Waals surface area contributed by atoms with Crippen LogP contribution in [0.4, 0.5) is 0 Å². The first-order valence-electron chi connectivity index (χ1n) is 16.1. The smallest absolute Gasteiger partial charge is 0.0553 e. The van der Waals surface area contributed by atoms with Gasteiger partial charge in [0.15, 0.2) is 0 Å². The number of hydrogen-bond acceptors (Lipinski definition) is 2. The van der Waals surface area contributed by atoms with Crippen LogP contribution in [0.25, 0.3) is 0 Å². The Morgan fingerprint density at radius 2 is 1.46 bits per heavy atom. The molecule has 4 saturated carbocycles. The summed E-state index contributed by atoms with van der Waals surface area (Å²) in [6, 6.07) is 8.12. The first-order chi connectivity index (χ1) is 17.5. The molecule has 1 aromatic rings. The van der Waals surface area contributed by atoms with E-state index < -0.39 is 0 Å². The molecule has 210 valence electrons. The number of hydrogen-bond donors (Lipinski definition) is 1. The van der Waals surface area contributed by atoms with Crippen LogP contribution < -0.4 is 5.32 Å². The van der Waals surface area contributed by atoms with Crippen molar-refractivity contribution in [1.29, 1.82) is 0 Å². The Morgan fingerprint density at radius 1 is 0.784 bits per heavy atom. The van der Waals surface area contributed by atoms with Gasteiger partial charge in [-0.05, 0) is 73.3 Å². The number of rotatable bonds is 7. The maximum Gasteiger partial charge on any atom is 0.0553 e. The third-order valence-corrected chi connectivity index (χ3v) is 11.0. The van der Waals surface area contributed by atoms with Crippen LogP contribution in [-0.4, -0.2) is 11.0 Å². The Balaban J connectivity index is 0.00000320. The Morgan fingerprint density at radius 3 is 2.16 bits per heavy atom. The number of nitrogens with zero attached hydrogens (tertiary/aromatic N) is 1. The normalized spacial score (nSPS) is 35.6. The van der Waals surface area contributed by atoms with Gasteiger partial charge in [0.25, 0.3) is 0 Å². The monoisotopic (exact) mass is 649 g/mol. The van der Waals surface area contributed by atoms with Gasteiger partial charge in [0, 0.05) is 63.6 Å². The molecule has 0 bridgehead atoms. The number of nitrogens with one attached hydrogen (secondary N) is 1. The molecule has 0 amide bonds. The SMILES string of the molecule is CC(C)C1CCCC(C(C)C)C1NC(c1cccc(C2CCCC3CCCCC32)n1)C1[CH-]CCCC1.[Gd]. The molecule has 7 unspecified atom stereocenters. The van der Waals surface area contributed by atoms with E-state index in [-0.39, 0.29) is 39.9 Å². The summed E-state index contributed by atoms with van der Waals surface area (Å²) in [5.41, 5.74) is 2.78. The van der Waals surface area contributed by atoms with E-state index in [4.69, 9.17) is 4.98 Å². The molecule has 2 nitrogen and oxygen atoms in total. The van der Waals surface area contributed by atoms with E-state index in [0.717, 1.165) is 35.5 Å². The van der Waals surface area contributed by atoms with Crippen molar-refractivity contribution < 1.29 is 39.9 Å². The summed E-state index contributed by atoms with van der Waals surface area (Å²) in [6.07, 6.45) is 22.2. The van der Waals surface area contributed by atoms with Gasteiger partial charge >= 0.3 is 0 Å². The molecular formula is C34H55GdN2-. The van der Waals surface area contributed by atoms with Crippen LogP contribution in [0.5, 0.6) is 0 Å². The van der Waals surface area contributed by atoms with E-state index in [9.17, 15) is 0 Å². The van der Waals surface area contributed by atoms with Crippen molar-refractivity contribution in [3.05, 3.63) is 36.0 Å². The van der Waals surface area contributed by atoms with Crippen LogP contribution in [0.1, 0.15) is 141 Å². The summed E-state index contributed by atoms with van der Waals surface area (Å²) in [4.78, 5) is 5.59. The first kappa shape index (κ1) is 30.4. The van der Waals surface area contributed by atoms with Crippen molar-refractivity contribution in [2.75, 3.05) is 0 Å². The van der Waals surface area contributed by atoms with Crippen LogP contribution in [0.15, 0.2) is 18.2 Å². The first-order valence-corrected chi connectivity index (χ1v) is 16.1. The van der Waals surface area contributed by atoms with Gasteiger partial charge in [0.2, 0.25) is 0 Å². The third kappa shape index (κ3) is 7.21. The number of aromatic nitrogens is 1. The van der Waals surface area contributed by atoms with Crippen molar-refractivity contribution >= 4 is 0 Å². The van der Waals surface area contributed by atoms with Gasteiger partial charge < -0.3 is 11.7 Å². The summed E-state index contributed by atoms with van der Waals surface area (Å²) < 4.78 is 0. The largest absolute Gasteiger partial charge is 0.324 e. The molecule has 1 heterocycles. The molecule has 4 aliphatic rings. The molecule has 7 atom stereocenters. The summed E-state index contributed by atoms with van der Waals surface area (Å²) in [6.45, 7) is 9.86. The maximum atomic E-state index is 5.59. The summed E-state index contributed by atoms with van der Waals surface area (Å²) in [7, 11) is 0. The number of pyridine rings is 1. The Labute approximate surface area is 261 Å². The van der Waals surface area contributed by atoms with Crippen LogP contribution >= 0.6 is 0 Å². The van der Waals surface area contributed by atoms with E-state index >= 15 is 0 Å². The van der Waals surface area contributed by atoms with Gasteiger partial charge in [-0.25, -0.2) is 0 Å². The molecule has 5 rings (SSSR count). The summed E-state index contributed by atoms with van der Waals surface area (Å²) in [5, 5.41) is 4.40. The van der Waals surface area contributed by atoms with Crippen molar-refractivity contribution in [1.82, 2.24) is 10.3 Å². The predicted molar refractivity (Wildman–Crippen MR) is 153 cm³/mol.